The fourth-order valence-corrected chi connectivity index (χ4v) is 0. The molecular formula is C4H9Br2LiMg. The van der Waals surface area contributed by atoms with Gasteiger partial charge in [0.05, 0.1) is 0 Å². The minimum absolute atomic E-state index is 0. The van der Waals surface area contributed by atoms with E-state index < -0.39 is 0 Å². The van der Waals surface area contributed by atoms with Crippen LogP contribution >= 0.6 is 0 Å². The Morgan fingerprint density at radius 1 is 1.00 bits per heavy atom. The van der Waals surface area contributed by atoms with Crippen LogP contribution in [-0.4, -0.2) is 21.7 Å². The monoisotopic (exact) mass is 246 g/mol. The molecule has 0 rings (SSSR count). The zero-order valence-corrected chi connectivity index (χ0v) is 10.5. The second kappa shape index (κ2) is 9.32. The van der Waals surface area contributed by atoms with Crippen molar-refractivity contribution in [2.24, 2.45) is 0 Å². The van der Waals surface area contributed by atoms with Gasteiger partial charge in [-0.3, -0.25) is 0 Å². The number of hydrogen-bond donors (Lipinski definition) is 0. The predicted molar refractivity (Wildman–Crippen MR) is 25.5 cm³/mol. The third kappa shape index (κ3) is 82.7. The third-order valence-electron chi connectivity index (χ3n) is 0. The maximum Gasteiger partial charge on any atom is 1.00 e. The molecule has 42 valence electrons. The first-order chi connectivity index (χ1) is 2.00. The molecule has 0 unspecified atom stereocenters. The Hall–Kier alpha value is 2.32. The SMILES string of the molecule is C[C](C)(C)[Mg+].[Br-].[Br-].[Li+]. The Bertz CT molecular complexity index is 29.5. The van der Waals surface area contributed by atoms with E-state index >= 15 is 0 Å². The summed E-state index contributed by atoms with van der Waals surface area (Å²) in [6.07, 6.45) is 0. The van der Waals surface area contributed by atoms with Gasteiger partial charge in [-0.25, -0.2) is 0 Å². The van der Waals surface area contributed by atoms with Crippen LogP contribution < -0.4 is 52.8 Å². The minimum Gasteiger partial charge on any atom is -1.00 e. The molecule has 4 heteroatoms. The summed E-state index contributed by atoms with van der Waals surface area (Å²) in [5.74, 6) is 0. The number of halogens is 2. The van der Waals surface area contributed by atoms with E-state index in [0.717, 1.165) is 0 Å². The molecule has 0 aromatic heterocycles. The molecule has 0 fully saturated rings. The molecule has 0 aromatic carbocycles. The van der Waals surface area contributed by atoms with E-state index in [-0.39, 0.29) is 52.8 Å². The van der Waals surface area contributed by atoms with Crippen LogP contribution in [0.2, 0.25) is 3.54 Å². The molecule has 0 aromatic rings. The summed E-state index contributed by atoms with van der Waals surface area (Å²) in [7, 11) is 0. The van der Waals surface area contributed by atoms with Gasteiger partial charge in [0, 0.05) is 0 Å². The van der Waals surface area contributed by atoms with Crippen LogP contribution in [0.15, 0.2) is 0 Å². The fourth-order valence-electron chi connectivity index (χ4n) is 0. The molecule has 0 radical (unpaired) electrons. The van der Waals surface area contributed by atoms with Crippen LogP contribution in [0.25, 0.3) is 0 Å². The molecule has 0 aliphatic heterocycles. The minimum atomic E-state index is 0. The normalized spacial score (nSPS) is 7.62. The van der Waals surface area contributed by atoms with E-state index in [1.54, 1.807) is 0 Å². The van der Waals surface area contributed by atoms with Crippen LogP contribution in [0.3, 0.4) is 0 Å². The van der Waals surface area contributed by atoms with Crippen LogP contribution in [0.1, 0.15) is 20.8 Å². The van der Waals surface area contributed by atoms with Gasteiger partial charge in [0.2, 0.25) is 0 Å². The van der Waals surface area contributed by atoms with E-state index in [1.807, 2.05) is 21.7 Å². The third-order valence-corrected chi connectivity index (χ3v) is 0. The van der Waals surface area contributed by atoms with Crippen molar-refractivity contribution in [3.8, 4) is 0 Å². The van der Waals surface area contributed by atoms with Gasteiger partial charge >= 0.3 is 64.9 Å². The van der Waals surface area contributed by atoms with E-state index in [4.69, 9.17) is 0 Å². The van der Waals surface area contributed by atoms with Crippen molar-refractivity contribution < 1.29 is 52.8 Å². The van der Waals surface area contributed by atoms with Gasteiger partial charge in [-0.1, -0.05) is 0 Å². The van der Waals surface area contributed by atoms with Crippen molar-refractivity contribution in [3.63, 3.8) is 0 Å². The number of hydrogen-bond acceptors (Lipinski definition) is 0. The largest absolute Gasteiger partial charge is 1.00 e. The zero-order valence-electron chi connectivity index (χ0n) is 5.96. The maximum atomic E-state index is 2.20. The first-order valence-electron chi connectivity index (χ1n) is 1.85. The van der Waals surface area contributed by atoms with Crippen LogP contribution in [0.4, 0.5) is 0 Å². The Morgan fingerprint density at radius 3 is 1.00 bits per heavy atom. The number of rotatable bonds is 0. The fraction of sp³-hybridized carbons (Fsp3) is 1.00. The summed E-state index contributed by atoms with van der Waals surface area (Å²) in [5.41, 5.74) is 0. The molecule has 0 bridgehead atoms. The van der Waals surface area contributed by atoms with Crippen molar-refractivity contribution in [3.05, 3.63) is 0 Å². The molecule has 0 saturated carbocycles. The second-order valence-electron chi connectivity index (χ2n) is 2.56. The molecule has 0 spiro atoms. The molecule has 0 amide bonds. The van der Waals surface area contributed by atoms with Crippen molar-refractivity contribution in [1.29, 1.82) is 0 Å². The van der Waals surface area contributed by atoms with Gasteiger partial charge < -0.3 is 34.0 Å². The summed E-state index contributed by atoms with van der Waals surface area (Å²) in [6, 6.07) is 0. The molecule has 0 aliphatic carbocycles. The van der Waals surface area contributed by atoms with Crippen molar-refractivity contribution in [2.75, 3.05) is 0 Å². The smallest absolute Gasteiger partial charge is 1.00 e. The summed E-state index contributed by atoms with van der Waals surface area (Å²) in [4.78, 5) is 0. The Morgan fingerprint density at radius 2 is 1.00 bits per heavy atom. The van der Waals surface area contributed by atoms with Gasteiger partial charge in [-0.15, -0.1) is 0 Å². The molecule has 0 atom stereocenters. The maximum absolute atomic E-state index is 2.20. The first-order valence-corrected chi connectivity index (χ1v) is 2.56. The van der Waals surface area contributed by atoms with Crippen LogP contribution in [0, 0.1) is 0 Å². The predicted octanol–water partition coefficient (Wildman–Crippen LogP) is -7.61. The van der Waals surface area contributed by atoms with Crippen molar-refractivity contribution in [1.82, 2.24) is 0 Å². The van der Waals surface area contributed by atoms with Crippen LogP contribution in [-0.2, 0) is 0 Å². The summed E-state index contributed by atoms with van der Waals surface area (Å²) >= 11 is 2.01. The molecular weight excluding hydrogens is 239 g/mol. The van der Waals surface area contributed by atoms with E-state index in [0.29, 0.717) is 3.54 Å². The van der Waals surface area contributed by atoms with Gasteiger partial charge in [0.15, 0.2) is 0 Å². The molecule has 0 saturated heterocycles. The van der Waals surface area contributed by atoms with Crippen molar-refractivity contribution in [2.45, 2.75) is 24.3 Å². The molecule has 8 heavy (non-hydrogen) atoms. The van der Waals surface area contributed by atoms with Gasteiger partial charge in [-0.05, 0) is 0 Å². The van der Waals surface area contributed by atoms with E-state index in [9.17, 15) is 0 Å². The van der Waals surface area contributed by atoms with Gasteiger partial charge in [0.25, 0.3) is 0 Å². The average Bonchev–Trinajstić information content (AvgIpc) is 0.722. The summed E-state index contributed by atoms with van der Waals surface area (Å²) < 4.78 is 0.528. The Kier molecular flexibility index (Phi) is 26.2. The molecule has 0 N–H and O–H groups in total. The standard InChI is InChI=1S/C4H9.2BrH.Li.Mg/c1-4(2)3;;;;/h1-3H3;2*1H;;/q;;;2*+1/p-2. The Labute approximate surface area is 97.7 Å². The summed E-state index contributed by atoms with van der Waals surface area (Å²) in [5, 5.41) is 0. The van der Waals surface area contributed by atoms with E-state index in [1.165, 1.54) is 0 Å². The quantitative estimate of drug-likeness (QED) is 0.374. The van der Waals surface area contributed by atoms with Crippen LogP contribution in [0.5, 0.6) is 0 Å². The Balaban J connectivity index is -0.0000000267. The first kappa shape index (κ1) is 22.4. The van der Waals surface area contributed by atoms with Crippen molar-refractivity contribution >= 4 is 21.7 Å². The topological polar surface area (TPSA) is 0 Å². The van der Waals surface area contributed by atoms with Gasteiger partial charge in [-0.2, -0.15) is 0 Å². The summed E-state index contributed by atoms with van der Waals surface area (Å²) in [6.45, 7) is 6.60. The molecule has 0 aliphatic rings. The second-order valence-corrected chi connectivity index (χ2v) is 4.68. The molecule has 0 nitrogen and oxygen atoms in total. The van der Waals surface area contributed by atoms with E-state index in [2.05, 4.69) is 20.8 Å². The zero-order chi connectivity index (χ0) is 4.50. The average molecular weight is 248 g/mol. The molecule has 0 heterocycles. The van der Waals surface area contributed by atoms with Gasteiger partial charge in [0.1, 0.15) is 0 Å².